The minimum absolute atomic E-state index is 0.185. The van der Waals surface area contributed by atoms with Crippen molar-refractivity contribution in [3.63, 3.8) is 0 Å². The smallest absolute Gasteiger partial charge is 0.326 e. The number of carboxylic acids is 1. The predicted molar refractivity (Wildman–Crippen MR) is 62.4 cm³/mol. The summed E-state index contributed by atoms with van der Waals surface area (Å²) in [5.74, 6) is -0.318. The Morgan fingerprint density at radius 1 is 1.62 bits per heavy atom. The fourth-order valence-corrected chi connectivity index (χ4v) is 1.89. The molecule has 0 aliphatic heterocycles. The topological polar surface area (TPSA) is 58.6 Å². The van der Waals surface area contributed by atoms with Gasteiger partial charge in [0.25, 0.3) is 0 Å². The zero-order chi connectivity index (χ0) is 12.0. The highest BCUT2D eigenvalue weighted by atomic mass is 16.5. The van der Waals surface area contributed by atoms with Crippen molar-refractivity contribution in [2.45, 2.75) is 31.7 Å². The third kappa shape index (κ3) is 3.61. The molecule has 0 amide bonds. The second kappa shape index (κ2) is 6.01. The van der Waals surface area contributed by atoms with E-state index in [4.69, 9.17) is 9.84 Å². The zero-order valence-electron chi connectivity index (χ0n) is 10.0. The van der Waals surface area contributed by atoms with Crippen LogP contribution in [0.3, 0.4) is 0 Å². The van der Waals surface area contributed by atoms with Crippen molar-refractivity contribution in [3.8, 4) is 0 Å². The molecule has 0 aromatic heterocycles. The van der Waals surface area contributed by atoms with E-state index in [2.05, 4.69) is 17.5 Å². The number of ether oxygens (including phenoxy) is 1. The number of carboxylic acid groups (broad SMARTS) is 1. The Bertz CT molecular complexity index is 265. The van der Waals surface area contributed by atoms with Crippen LogP contribution in [0, 0.1) is 5.92 Å². The van der Waals surface area contributed by atoms with Crippen LogP contribution in [-0.2, 0) is 9.53 Å². The van der Waals surface area contributed by atoms with Crippen molar-refractivity contribution >= 4 is 5.97 Å². The largest absolute Gasteiger partial charge is 0.480 e. The number of carbonyl (C=O) groups is 1. The van der Waals surface area contributed by atoms with Gasteiger partial charge in [-0.1, -0.05) is 12.2 Å². The zero-order valence-corrected chi connectivity index (χ0v) is 10.0. The van der Waals surface area contributed by atoms with Crippen LogP contribution in [0.5, 0.6) is 0 Å². The standard InChI is InChI=1S/C12H21NO3/c1-12(9-16-2,11(14)15)13-8-10-6-4-3-5-7-10/h3-4,10,13H,5-9H2,1-2H3,(H,14,15). The summed E-state index contributed by atoms with van der Waals surface area (Å²) < 4.78 is 4.95. The molecule has 16 heavy (non-hydrogen) atoms. The molecule has 0 aromatic carbocycles. The molecule has 0 heterocycles. The average Bonchev–Trinajstić information content (AvgIpc) is 2.28. The molecular weight excluding hydrogens is 206 g/mol. The number of hydrogen-bond donors (Lipinski definition) is 2. The molecule has 1 aliphatic rings. The lowest BCUT2D eigenvalue weighted by Gasteiger charge is -2.28. The quantitative estimate of drug-likeness (QED) is 0.674. The maximum Gasteiger partial charge on any atom is 0.326 e. The van der Waals surface area contributed by atoms with E-state index >= 15 is 0 Å². The van der Waals surface area contributed by atoms with E-state index in [1.165, 1.54) is 7.11 Å². The van der Waals surface area contributed by atoms with E-state index in [9.17, 15) is 4.79 Å². The Labute approximate surface area is 96.7 Å². The summed E-state index contributed by atoms with van der Waals surface area (Å²) in [4.78, 5) is 11.1. The van der Waals surface area contributed by atoms with Crippen LogP contribution in [0.1, 0.15) is 26.2 Å². The van der Waals surface area contributed by atoms with E-state index < -0.39 is 11.5 Å². The van der Waals surface area contributed by atoms with Crippen molar-refractivity contribution in [2.75, 3.05) is 20.3 Å². The van der Waals surface area contributed by atoms with Gasteiger partial charge < -0.3 is 9.84 Å². The highest BCUT2D eigenvalue weighted by molar-refractivity contribution is 5.78. The lowest BCUT2D eigenvalue weighted by molar-refractivity contribution is -0.146. The van der Waals surface area contributed by atoms with Gasteiger partial charge in [-0.3, -0.25) is 10.1 Å². The van der Waals surface area contributed by atoms with E-state index in [0.29, 0.717) is 5.92 Å². The van der Waals surface area contributed by atoms with Crippen LogP contribution < -0.4 is 5.32 Å². The summed E-state index contributed by atoms with van der Waals surface area (Å²) in [7, 11) is 1.52. The fraction of sp³-hybridized carbons (Fsp3) is 0.750. The molecular formula is C12H21NO3. The maximum atomic E-state index is 11.1. The Kier molecular flexibility index (Phi) is 4.96. The summed E-state index contributed by atoms with van der Waals surface area (Å²) in [6.07, 6.45) is 7.62. The predicted octanol–water partition coefficient (Wildman–Crippen LogP) is 1.42. The normalized spacial score (nSPS) is 24.0. The van der Waals surface area contributed by atoms with Crippen LogP contribution in [0.15, 0.2) is 12.2 Å². The Morgan fingerprint density at radius 2 is 2.38 bits per heavy atom. The van der Waals surface area contributed by atoms with Crippen LogP contribution in [-0.4, -0.2) is 36.9 Å². The molecule has 1 rings (SSSR count). The van der Waals surface area contributed by atoms with E-state index in [1.807, 2.05) is 0 Å². The summed E-state index contributed by atoms with van der Waals surface area (Å²) >= 11 is 0. The van der Waals surface area contributed by atoms with Gasteiger partial charge in [-0.2, -0.15) is 0 Å². The molecule has 2 N–H and O–H groups in total. The van der Waals surface area contributed by atoms with Crippen molar-refractivity contribution in [3.05, 3.63) is 12.2 Å². The van der Waals surface area contributed by atoms with Gasteiger partial charge in [-0.05, 0) is 38.6 Å². The van der Waals surface area contributed by atoms with Gasteiger partial charge in [0.15, 0.2) is 0 Å². The van der Waals surface area contributed by atoms with Gasteiger partial charge in [0.2, 0.25) is 0 Å². The van der Waals surface area contributed by atoms with Gasteiger partial charge in [-0.15, -0.1) is 0 Å². The third-order valence-corrected chi connectivity index (χ3v) is 3.06. The molecule has 4 nitrogen and oxygen atoms in total. The van der Waals surface area contributed by atoms with Crippen molar-refractivity contribution in [1.29, 1.82) is 0 Å². The molecule has 0 saturated carbocycles. The van der Waals surface area contributed by atoms with E-state index in [1.54, 1.807) is 6.92 Å². The number of methoxy groups -OCH3 is 1. The highest BCUT2D eigenvalue weighted by Crippen LogP contribution is 2.18. The molecule has 92 valence electrons. The van der Waals surface area contributed by atoms with Crippen LogP contribution >= 0.6 is 0 Å². The van der Waals surface area contributed by atoms with Gasteiger partial charge in [0.05, 0.1) is 6.61 Å². The number of nitrogens with one attached hydrogen (secondary N) is 1. The first-order chi connectivity index (χ1) is 7.58. The molecule has 2 atom stereocenters. The molecule has 0 saturated heterocycles. The number of rotatable bonds is 6. The van der Waals surface area contributed by atoms with E-state index in [-0.39, 0.29) is 6.61 Å². The van der Waals surface area contributed by atoms with Crippen LogP contribution in [0.2, 0.25) is 0 Å². The molecule has 0 aromatic rings. The fourth-order valence-electron chi connectivity index (χ4n) is 1.89. The minimum Gasteiger partial charge on any atom is -0.480 e. The molecule has 4 heteroatoms. The number of aliphatic carboxylic acids is 1. The second-order valence-corrected chi connectivity index (χ2v) is 4.60. The molecule has 0 spiro atoms. The first-order valence-electron chi connectivity index (χ1n) is 5.71. The molecule has 0 bridgehead atoms. The van der Waals surface area contributed by atoms with Gasteiger partial charge in [0.1, 0.15) is 5.54 Å². The number of allylic oxidation sites excluding steroid dienone is 2. The Morgan fingerprint density at radius 3 is 2.88 bits per heavy atom. The summed E-state index contributed by atoms with van der Waals surface area (Å²) in [6.45, 7) is 2.58. The third-order valence-electron chi connectivity index (χ3n) is 3.06. The monoisotopic (exact) mass is 227 g/mol. The Hall–Kier alpha value is -0.870. The highest BCUT2D eigenvalue weighted by Gasteiger charge is 2.33. The second-order valence-electron chi connectivity index (χ2n) is 4.60. The molecule has 0 radical (unpaired) electrons. The maximum absolute atomic E-state index is 11.1. The molecule has 1 aliphatic carbocycles. The number of hydrogen-bond acceptors (Lipinski definition) is 3. The van der Waals surface area contributed by atoms with Crippen molar-refractivity contribution in [2.24, 2.45) is 5.92 Å². The van der Waals surface area contributed by atoms with Crippen LogP contribution in [0.4, 0.5) is 0 Å². The lowest BCUT2D eigenvalue weighted by atomic mass is 9.93. The Balaban J connectivity index is 2.43. The first kappa shape index (κ1) is 13.2. The van der Waals surface area contributed by atoms with Gasteiger partial charge in [-0.25, -0.2) is 0 Å². The first-order valence-corrected chi connectivity index (χ1v) is 5.71. The average molecular weight is 227 g/mol. The van der Waals surface area contributed by atoms with Crippen LogP contribution in [0.25, 0.3) is 0 Å². The van der Waals surface area contributed by atoms with Crippen molar-refractivity contribution < 1.29 is 14.6 Å². The summed E-state index contributed by atoms with van der Waals surface area (Å²) in [5.41, 5.74) is -0.976. The lowest BCUT2D eigenvalue weighted by Crippen LogP contribution is -2.54. The van der Waals surface area contributed by atoms with Gasteiger partial charge >= 0.3 is 5.97 Å². The van der Waals surface area contributed by atoms with Crippen molar-refractivity contribution in [1.82, 2.24) is 5.32 Å². The SMILES string of the molecule is COCC(C)(NCC1CC=CCC1)C(=O)O. The van der Waals surface area contributed by atoms with E-state index in [0.717, 1.165) is 25.8 Å². The minimum atomic E-state index is -0.976. The summed E-state index contributed by atoms with van der Waals surface area (Å²) in [5, 5.41) is 12.2. The molecule has 0 fully saturated rings. The summed E-state index contributed by atoms with van der Waals surface area (Å²) in [6, 6.07) is 0. The van der Waals surface area contributed by atoms with Gasteiger partial charge in [0, 0.05) is 7.11 Å². The molecule has 2 unspecified atom stereocenters.